The molecule has 0 fully saturated rings. The van der Waals surface area contributed by atoms with E-state index in [2.05, 4.69) is 16.6 Å². The number of methoxy groups -OCH3 is 1. The molecule has 2 atom stereocenters. The minimum absolute atomic E-state index is 0.0960. The van der Waals surface area contributed by atoms with E-state index in [9.17, 15) is 13.8 Å². The first-order valence-electron chi connectivity index (χ1n) is 5.68. The second kappa shape index (κ2) is 7.28. The summed E-state index contributed by atoms with van der Waals surface area (Å²) in [5, 5.41) is 2.34. The summed E-state index contributed by atoms with van der Waals surface area (Å²) in [5.41, 5.74) is -0.682. The smallest absolute Gasteiger partial charge is 0.408 e. The molecule has 0 spiro atoms. The summed E-state index contributed by atoms with van der Waals surface area (Å²) in [7, 11) is -0.239. The van der Waals surface area contributed by atoms with Crippen molar-refractivity contribution in [1.29, 1.82) is 0 Å². The molecule has 0 unspecified atom stereocenters. The normalized spacial score (nSPS) is 14.2. The van der Waals surface area contributed by atoms with Crippen molar-refractivity contribution in [2.45, 2.75) is 39.3 Å². The van der Waals surface area contributed by atoms with E-state index in [1.165, 1.54) is 7.11 Å². The third kappa shape index (κ3) is 7.61. The van der Waals surface area contributed by atoms with Gasteiger partial charge in [0.05, 0.1) is 23.7 Å². The molecular weight excluding hydrogens is 270 g/mol. The van der Waals surface area contributed by atoms with E-state index in [1.807, 2.05) is 0 Å². The van der Waals surface area contributed by atoms with Crippen molar-refractivity contribution in [2.75, 3.05) is 12.9 Å². The van der Waals surface area contributed by atoms with Crippen molar-refractivity contribution < 1.29 is 23.3 Å². The Kier molecular flexibility index (Phi) is 6.75. The number of ether oxygens (including phenoxy) is 2. The van der Waals surface area contributed by atoms with Gasteiger partial charge in [0.1, 0.15) is 11.6 Å². The Labute approximate surface area is 116 Å². The highest BCUT2D eigenvalue weighted by atomic mass is 32.2. The number of esters is 1. The zero-order chi connectivity index (χ0) is 15.2. The monoisotopic (exact) mass is 291 g/mol. The van der Waals surface area contributed by atoms with E-state index in [0.717, 1.165) is 0 Å². The molecular formula is C12H21NO5S. The second-order valence-corrected chi connectivity index (χ2v) is 6.66. The van der Waals surface area contributed by atoms with Crippen LogP contribution in [-0.2, 0) is 25.1 Å². The minimum Gasteiger partial charge on any atom is -0.467 e. The number of carbonyl (C=O) groups excluding carboxylic acids is 2. The molecule has 0 saturated carbocycles. The lowest BCUT2D eigenvalue weighted by Gasteiger charge is -2.22. The van der Waals surface area contributed by atoms with Crippen LogP contribution in [0, 0.1) is 0 Å². The van der Waals surface area contributed by atoms with Crippen LogP contribution < -0.4 is 5.32 Å². The van der Waals surface area contributed by atoms with Crippen LogP contribution in [0.3, 0.4) is 0 Å². The first kappa shape index (κ1) is 17.6. The molecule has 0 radical (unpaired) electrons. The Morgan fingerprint density at radius 2 is 1.89 bits per heavy atom. The first-order chi connectivity index (χ1) is 8.56. The molecule has 19 heavy (non-hydrogen) atoms. The van der Waals surface area contributed by atoms with E-state index in [4.69, 9.17) is 4.74 Å². The molecule has 0 aromatic carbocycles. The summed E-state index contributed by atoms with van der Waals surface area (Å²) in [6, 6.07) is -1.03. The molecule has 1 N–H and O–H groups in total. The minimum atomic E-state index is -1.43. The third-order valence-electron chi connectivity index (χ3n) is 1.88. The lowest BCUT2D eigenvalue weighted by Crippen LogP contribution is -2.46. The van der Waals surface area contributed by atoms with Gasteiger partial charge >= 0.3 is 12.1 Å². The van der Waals surface area contributed by atoms with Gasteiger partial charge in [-0.05, 0) is 27.7 Å². The summed E-state index contributed by atoms with van der Waals surface area (Å²) in [6.45, 7) is 10.2. The molecule has 0 aliphatic rings. The SMILES string of the molecule is C=C(C)[S@@](=O)C[C@H](NC(=O)OC(C)(C)C)C(=O)OC. The average Bonchev–Trinajstić information content (AvgIpc) is 2.24. The Morgan fingerprint density at radius 3 is 2.26 bits per heavy atom. The Bertz CT molecular complexity index is 386. The van der Waals surface area contributed by atoms with Gasteiger partial charge < -0.3 is 14.8 Å². The van der Waals surface area contributed by atoms with Crippen molar-refractivity contribution in [1.82, 2.24) is 5.32 Å². The van der Waals surface area contributed by atoms with Crippen LogP contribution in [-0.4, -0.2) is 40.8 Å². The van der Waals surface area contributed by atoms with Crippen LogP contribution in [0.1, 0.15) is 27.7 Å². The van der Waals surface area contributed by atoms with Crippen LogP contribution in [0.2, 0.25) is 0 Å². The van der Waals surface area contributed by atoms with Gasteiger partial charge in [-0.1, -0.05) is 6.58 Å². The fourth-order valence-electron chi connectivity index (χ4n) is 1.05. The maximum atomic E-state index is 11.7. The maximum Gasteiger partial charge on any atom is 0.408 e. The van der Waals surface area contributed by atoms with E-state index >= 15 is 0 Å². The molecule has 0 bridgehead atoms. The number of amides is 1. The predicted octanol–water partition coefficient (Wildman–Crippen LogP) is 1.33. The number of rotatable bonds is 5. The highest BCUT2D eigenvalue weighted by Gasteiger charge is 2.26. The molecule has 6 nitrogen and oxygen atoms in total. The van der Waals surface area contributed by atoms with Gasteiger partial charge in [0.15, 0.2) is 0 Å². The van der Waals surface area contributed by atoms with Crippen LogP contribution in [0.4, 0.5) is 4.79 Å². The van der Waals surface area contributed by atoms with E-state index in [1.54, 1.807) is 27.7 Å². The van der Waals surface area contributed by atoms with E-state index < -0.39 is 34.5 Å². The number of alkyl carbamates (subject to hydrolysis) is 1. The number of allylic oxidation sites excluding steroid dienone is 1. The quantitative estimate of drug-likeness (QED) is 0.773. The van der Waals surface area contributed by atoms with Crippen molar-refractivity contribution in [3.05, 3.63) is 11.5 Å². The van der Waals surface area contributed by atoms with Gasteiger partial charge in [-0.15, -0.1) is 0 Å². The second-order valence-electron chi connectivity index (χ2n) is 4.94. The van der Waals surface area contributed by atoms with Crippen LogP contribution in [0.15, 0.2) is 11.5 Å². The molecule has 0 aliphatic heterocycles. The Morgan fingerprint density at radius 1 is 1.37 bits per heavy atom. The van der Waals surface area contributed by atoms with Crippen LogP contribution in [0.25, 0.3) is 0 Å². The van der Waals surface area contributed by atoms with E-state index in [0.29, 0.717) is 4.91 Å². The number of hydrogen-bond acceptors (Lipinski definition) is 5. The molecule has 1 amide bonds. The first-order valence-corrected chi connectivity index (χ1v) is 7.00. The zero-order valence-corrected chi connectivity index (χ0v) is 12.8. The Hall–Kier alpha value is -1.37. The largest absolute Gasteiger partial charge is 0.467 e. The van der Waals surface area contributed by atoms with Gasteiger partial charge in [0.25, 0.3) is 0 Å². The topological polar surface area (TPSA) is 81.7 Å². The molecule has 7 heteroatoms. The van der Waals surface area contributed by atoms with Crippen molar-refractivity contribution in [3.63, 3.8) is 0 Å². The van der Waals surface area contributed by atoms with Crippen LogP contribution in [0.5, 0.6) is 0 Å². The van der Waals surface area contributed by atoms with Crippen LogP contribution >= 0.6 is 0 Å². The molecule has 0 heterocycles. The highest BCUT2D eigenvalue weighted by molar-refractivity contribution is 7.89. The standard InChI is InChI=1S/C12H21NO5S/c1-8(2)19(16)7-9(10(14)17-6)13-11(15)18-12(3,4)5/h9H,1,7H2,2-6H3,(H,13,15)/t9-,19-/m0/s1. The summed E-state index contributed by atoms with van der Waals surface area (Å²) >= 11 is 0. The Balaban J connectivity index is 4.70. The van der Waals surface area contributed by atoms with E-state index in [-0.39, 0.29) is 5.75 Å². The van der Waals surface area contributed by atoms with Gasteiger partial charge in [0.2, 0.25) is 0 Å². The van der Waals surface area contributed by atoms with Crippen molar-refractivity contribution >= 4 is 22.9 Å². The fraction of sp³-hybridized carbons (Fsp3) is 0.667. The van der Waals surface area contributed by atoms with Crippen molar-refractivity contribution in [3.8, 4) is 0 Å². The lowest BCUT2D eigenvalue weighted by molar-refractivity contribution is -0.142. The fourth-order valence-corrected chi connectivity index (χ4v) is 1.86. The molecule has 0 aliphatic carbocycles. The maximum absolute atomic E-state index is 11.7. The number of hydrogen-bond donors (Lipinski definition) is 1. The summed E-state index contributed by atoms with van der Waals surface area (Å²) < 4.78 is 21.2. The predicted molar refractivity (Wildman–Crippen MR) is 73.0 cm³/mol. The average molecular weight is 291 g/mol. The summed E-state index contributed by atoms with van der Waals surface area (Å²) in [6.07, 6.45) is -0.762. The summed E-state index contributed by atoms with van der Waals surface area (Å²) in [5.74, 6) is -0.776. The zero-order valence-electron chi connectivity index (χ0n) is 11.9. The third-order valence-corrected chi connectivity index (χ3v) is 3.30. The van der Waals surface area contributed by atoms with Gasteiger partial charge in [-0.3, -0.25) is 4.21 Å². The lowest BCUT2D eigenvalue weighted by atomic mass is 10.2. The summed E-state index contributed by atoms with van der Waals surface area (Å²) in [4.78, 5) is 23.5. The molecule has 0 aromatic rings. The van der Waals surface area contributed by atoms with Gasteiger partial charge in [-0.2, -0.15) is 0 Å². The molecule has 110 valence electrons. The molecule has 0 saturated heterocycles. The number of nitrogens with one attached hydrogen (secondary N) is 1. The molecule has 0 aromatic heterocycles. The van der Waals surface area contributed by atoms with Crippen molar-refractivity contribution in [2.24, 2.45) is 0 Å². The number of carbonyl (C=O) groups is 2. The molecule has 0 rings (SSSR count). The van der Waals surface area contributed by atoms with Gasteiger partial charge in [0, 0.05) is 4.91 Å². The highest BCUT2D eigenvalue weighted by Crippen LogP contribution is 2.08. The van der Waals surface area contributed by atoms with Gasteiger partial charge in [-0.25, -0.2) is 9.59 Å².